The largest absolute Gasteiger partial charge is 0.450 e. The highest BCUT2D eigenvalue weighted by Gasteiger charge is 2.32. The smallest absolute Gasteiger partial charge is 0.256 e. The van der Waals surface area contributed by atoms with Crippen LogP contribution in [0.5, 0.6) is 11.5 Å². The van der Waals surface area contributed by atoms with Crippen LogP contribution in [-0.4, -0.2) is 0 Å². The SMILES string of the molecule is Cc1cc2cc(CC(C)C)cc3c2c(c1C)-c1c(cc2c(CC(C)(C)C)cccc2[n+]1C)O3. The average Bonchev–Trinajstić information content (AvgIpc) is 2.70. The molecule has 4 aromatic rings. The van der Waals surface area contributed by atoms with Gasteiger partial charge < -0.3 is 4.74 Å². The summed E-state index contributed by atoms with van der Waals surface area (Å²) in [4.78, 5) is 0. The molecular formula is C31H36NO+. The summed E-state index contributed by atoms with van der Waals surface area (Å²) in [5.74, 6) is 2.58. The molecular weight excluding hydrogens is 402 g/mol. The van der Waals surface area contributed by atoms with Crippen LogP contribution in [0.4, 0.5) is 0 Å². The molecule has 2 heteroatoms. The summed E-state index contributed by atoms with van der Waals surface area (Å²) in [6, 6.07) is 16.0. The number of hydrogen-bond acceptors (Lipinski definition) is 1. The van der Waals surface area contributed by atoms with Gasteiger partial charge in [0.15, 0.2) is 5.75 Å². The van der Waals surface area contributed by atoms with Crippen LogP contribution in [0.15, 0.2) is 42.5 Å². The third-order valence-corrected chi connectivity index (χ3v) is 6.98. The highest BCUT2D eigenvalue weighted by atomic mass is 16.5. The average molecular weight is 439 g/mol. The molecule has 0 fully saturated rings. The molecule has 0 amide bonds. The molecule has 0 N–H and O–H groups in total. The molecule has 33 heavy (non-hydrogen) atoms. The third kappa shape index (κ3) is 3.70. The summed E-state index contributed by atoms with van der Waals surface area (Å²) < 4.78 is 9.07. The molecule has 170 valence electrons. The first-order valence-electron chi connectivity index (χ1n) is 12.2. The van der Waals surface area contributed by atoms with Crippen molar-refractivity contribution in [1.29, 1.82) is 0 Å². The highest BCUT2D eigenvalue weighted by molar-refractivity contribution is 6.05. The topological polar surface area (TPSA) is 13.1 Å². The number of fused-ring (bicyclic) bond motifs is 3. The van der Waals surface area contributed by atoms with Crippen LogP contribution in [0.1, 0.15) is 56.9 Å². The third-order valence-electron chi connectivity index (χ3n) is 6.98. The summed E-state index contributed by atoms with van der Waals surface area (Å²) >= 11 is 0. The van der Waals surface area contributed by atoms with Gasteiger partial charge in [-0.3, -0.25) is 0 Å². The second-order valence-corrected chi connectivity index (χ2v) is 11.6. The van der Waals surface area contributed by atoms with Gasteiger partial charge in [-0.15, -0.1) is 0 Å². The first-order chi connectivity index (χ1) is 15.5. The molecule has 0 spiro atoms. The van der Waals surface area contributed by atoms with Crippen molar-refractivity contribution in [3.8, 4) is 22.8 Å². The van der Waals surface area contributed by atoms with Gasteiger partial charge in [0.25, 0.3) is 5.69 Å². The van der Waals surface area contributed by atoms with E-state index in [-0.39, 0.29) is 5.41 Å². The second kappa shape index (κ2) is 7.58. The number of aromatic nitrogens is 1. The minimum Gasteiger partial charge on any atom is -0.450 e. The summed E-state index contributed by atoms with van der Waals surface area (Å²) in [6.07, 6.45) is 2.09. The molecule has 0 unspecified atom stereocenters. The van der Waals surface area contributed by atoms with E-state index in [0.29, 0.717) is 5.92 Å². The molecule has 0 atom stereocenters. The summed E-state index contributed by atoms with van der Waals surface area (Å²) in [6.45, 7) is 16.0. The fourth-order valence-electron chi connectivity index (χ4n) is 5.53. The molecule has 1 aliphatic rings. The van der Waals surface area contributed by atoms with Crippen molar-refractivity contribution in [3.63, 3.8) is 0 Å². The number of rotatable bonds is 3. The maximum absolute atomic E-state index is 6.72. The fraction of sp³-hybridized carbons (Fsp3) is 0.387. The predicted octanol–water partition coefficient (Wildman–Crippen LogP) is 7.99. The highest BCUT2D eigenvalue weighted by Crippen LogP contribution is 2.48. The zero-order chi connectivity index (χ0) is 23.7. The number of nitrogens with zero attached hydrogens (tertiary/aromatic N) is 1. The molecule has 1 aromatic heterocycles. The maximum Gasteiger partial charge on any atom is 0.256 e. The standard InChI is InChI=1S/C31H36NO/c1-18(2)12-21-14-23-13-19(3)20(4)28-29(23)26(15-21)33-27-16-24-22(17-31(5,6)7)10-9-11-25(24)32(8)30(27)28/h9-11,13-16,18H,12,17H2,1-8H3/q+1. The van der Waals surface area contributed by atoms with Crippen molar-refractivity contribution in [1.82, 2.24) is 0 Å². The Hall–Kier alpha value is -2.87. The number of aryl methyl sites for hydroxylation is 2. The zero-order valence-electron chi connectivity index (χ0n) is 21.4. The van der Waals surface area contributed by atoms with Crippen LogP contribution >= 0.6 is 0 Å². The van der Waals surface area contributed by atoms with Crippen molar-refractivity contribution in [3.05, 3.63) is 64.7 Å². The minimum atomic E-state index is 0.223. The van der Waals surface area contributed by atoms with E-state index in [1.807, 2.05) is 0 Å². The lowest BCUT2D eigenvalue weighted by atomic mass is 9.85. The van der Waals surface area contributed by atoms with Crippen molar-refractivity contribution < 1.29 is 9.30 Å². The predicted molar refractivity (Wildman–Crippen MR) is 139 cm³/mol. The monoisotopic (exact) mass is 438 g/mol. The molecule has 0 aliphatic carbocycles. The lowest BCUT2D eigenvalue weighted by Crippen LogP contribution is -2.34. The van der Waals surface area contributed by atoms with Gasteiger partial charge >= 0.3 is 0 Å². The van der Waals surface area contributed by atoms with Crippen LogP contribution in [0, 0.1) is 25.2 Å². The molecule has 0 saturated carbocycles. The van der Waals surface area contributed by atoms with Crippen molar-refractivity contribution >= 4 is 21.7 Å². The Morgan fingerprint density at radius 1 is 0.970 bits per heavy atom. The second-order valence-electron chi connectivity index (χ2n) is 11.6. The quantitative estimate of drug-likeness (QED) is 0.260. The Morgan fingerprint density at radius 2 is 1.73 bits per heavy atom. The molecule has 2 nitrogen and oxygen atoms in total. The first kappa shape index (κ1) is 21.9. The van der Waals surface area contributed by atoms with Crippen LogP contribution < -0.4 is 9.30 Å². The summed E-state index contributed by atoms with van der Waals surface area (Å²) in [7, 11) is 2.19. The van der Waals surface area contributed by atoms with E-state index in [1.54, 1.807) is 0 Å². The Balaban J connectivity index is 1.84. The van der Waals surface area contributed by atoms with E-state index >= 15 is 0 Å². The van der Waals surface area contributed by atoms with Gasteiger partial charge in [0.05, 0.1) is 10.9 Å². The summed E-state index contributed by atoms with van der Waals surface area (Å²) in [5.41, 5.74) is 9.39. The van der Waals surface area contributed by atoms with Gasteiger partial charge in [0, 0.05) is 17.5 Å². The number of ether oxygens (including phenoxy) is 1. The van der Waals surface area contributed by atoms with Gasteiger partial charge in [-0.2, -0.15) is 4.57 Å². The van der Waals surface area contributed by atoms with Crippen molar-refractivity contribution in [2.75, 3.05) is 0 Å². The number of hydrogen-bond donors (Lipinski definition) is 0. The fourth-order valence-corrected chi connectivity index (χ4v) is 5.53. The minimum absolute atomic E-state index is 0.223. The Labute approximate surface area is 198 Å². The normalized spacial score (nSPS) is 13.0. The van der Waals surface area contributed by atoms with E-state index in [2.05, 4.69) is 103 Å². The Bertz CT molecular complexity index is 1420. The van der Waals surface area contributed by atoms with Crippen molar-refractivity contribution in [2.45, 2.75) is 61.3 Å². The van der Waals surface area contributed by atoms with E-state index in [1.165, 1.54) is 55.2 Å². The lowest BCUT2D eigenvalue weighted by Gasteiger charge is -2.24. The molecule has 0 saturated heterocycles. The molecule has 1 aliphatic heterocycles. The van der Waals surface area contributed by atoms with E-state index in [0.717, 1.165) is 24.3 Å². The van der Waals surface area contributed by atoms with Gasteiger partial charge in [-0.1, -0.05) is 58.9 Å². The van der Waals surface area contributed by atoms with E-state index in [4.69, 9.17) is 4.74 Å². The molecule has 0 bridgehead atoms. The van der Waals surface area contributed by atoms with Gasteiger partial charge in [-0.05, 0) is 71.7 Å². The van der Waals surface area contributed by atoms with Gasteiger partial charge in [0.1, 0.15) is 12.8 Å². The summed E-state index contributed by atoms with van der Waals surface area (Å²) in [5, 5.41) is 3.82. The van der Waals surface area contributed by atoms with E-state index in [9.17, 15) is 0 Å². The first-order valence-corrected chi connectivity index (χ1v) is 12.2. The molecule has 2 heterocycles. The van der Waals surface area contributed by atoms with Crippen molar-refractivity contribution in [2.24, 2.45) is 18.4 Å². The Morgan fingerprint density at radius 3 is 2.42 bits per heavy atom. The van der Waals surface area contributed by atoms with Crippen LogP contribution in [0.25, 0.3) is 32.9 Å². The van der Waals surface area contributed by atoms with Crippen LogP contribution in [0.3, 0.4) is 0 Å². The molecule has 3 aromatic carbocycles. The Kier molecular flexibility index (Phi) is 5.04. The van der Waals surface area contributed by atoms with Crippen LogP contribution in [0.2, 0.25) is 0 Å². The van der Waals surface area contributed by atoms with E-state index < -0.39 is 0 Å². The number of benzene rings is 3. The lowest BCUT2D eigenvalue weighted by molar-refractivity contribution is -0.633. The zero-order valence-corrected chi connectivity index (χ0v) is 21.4. The maximum atomic E-state index is 6.72. The van der Waals surface area contributed by atoms with Crippen LogP contribution in [-0.2, 0) is 19.9 Å². The van der Waals surface area contributed by atoms with Gasteiger partial charge in [-0.25, -0.2) is 0 Å². The molecule has 5 rings (SSSR count). The molecule has 0 radical (unpaired) electrons. The van der Waals surface area contributed by atoms with Gasteiger partial charge in [0.2, 0.25) is 5.52 Å². The number of pyridine rings is 1.